The molecule has 3 aliphatic rings. The topological polar surface area (TPSA) is 58.6 Å². The highest BCUT2D eigenvalue weighted by atomic mass is 16.5. The zero-order valence-electron chi connectivity index (χ0n) is 9.15. The second-order valence-corrected chi connectivity index (χ2v) is 4.79. The largest absolute Gasteiger partial charge is 0.373 e. The van der Waals surface area contributed by atoms with Gasteiger partial charge in [-0.3, -0.25) is 9.59 Å². The molecule has 2 bridgehead atoms. The Bertz CT molecular complexity index is 331. The van der Waals surface area contributed by atoms with Gasteiger partial charge in [-0.15, -0.1) is 0 Å². The Labute approximate surface area is 94.1 Å². The van der Waals surface area contributed by atoms with Crippen LogP contribution in [0.25, 0.3) is 0 Å². The first kappa shape index (κ1) is 10.1. The van der Waals surface area contributed by atoms with Gasteiger partial charge in [-0.05, 0) is 19.3 Å². The number of nitrogens with zero attached hydrogens (tertiary/aromatic N) is 1. The summed E-state index contributed by atoms with van der Waals surface area (Å²) in [6.07, 6.45) is 4.10. The third kappa shape index (κ3) is 1.59. The van der Waals surface area contributed by atoms with Crippen LogP contribution in [0.3, 0.4) is 0 Å². The number of nitrogens with one attached hydrogen (secondary N) is 1. The lowest BCUT2D eigenvalue weighted by Gasteiger charge is -2.31. The highest BCUT2D eigenvalue weighted by molar-refractivity contribution is 5.87. The van der Waals surface area contributed by atoms with Crippen LogP contribution in [0.2, 0.25) is 0 Å². The van der Waals surface area contributed by atoms with Gasteiger partial charge in [-0.2, -0.15) is 0 Å². The van der Waals surface area contributed by atoms with Crippen LogP contribution in [0.4, 0.5) is 0 Å². The monoisotopic (exact) mass is 224 g/mol. The predicted octanol–water partition coefficient (Wildman–Crippen LogP) is -0.345. The fourth-order valence-corrected chi connectivity index (χ4v) is 3.00. The molecule has 1 N–H and O–H groups in total. The van der Waals surface area contributed by atoms with Crippen LogP contribution < -0.4 is 5.32 Å². The summed E-state index contributed by atoms with van der Waals surface area (Å²) in [4.78, 5) is 25.0. The number of ether oxygens (including phenoxy) is 1. The van der Waals surface area contributed by atoms with Gasteiger partial charge in [-0.25, -0.2) is 0 Å². The summed E-state index contributed by atoms with van der Waals surface area (Å²) in [5.41, 5.74) is 0. The van der Waals surface area contributed by atoms with Crippen LogP contribution in [0.15, 0.2) is 0 Å². The maximum atomic E-state index is 11.9. The van der Waals surface area contributed by atoms with Crippen molar-refractivity contribution in [3.05, 3.63) is 0 Å². The summed E-state index contributed by atoms with van der Waals surface area (Å²) in [5.74, 6) is 0.00641. The molecule has 3 unspecified atom stereocenters. The Morgan fingerprint density at radius 3 is 2.88 bits per heavy atom. The van der Waals surface area contributed by atoms with Gasteiger partial charge in [0.1, 0.15) is 0 Å². The molecule has 0 aromatic carbocycles. The maximum absolute atomic E-state index is 11.9. The Balaban J connectivity index is 1.73. The zero-order chi connectivity index (χ0) is 11.1. The van der Waals surface area contributed by atoms with Crippen molar-refractivity contribution in [3.63, 3.8) is 0 Å². The van der Waals surface area contributed by atoms with Crippen molar-refractivity contribution < 1.29 is 14.3 Å². The van der Waals surface area contributed by atoms with Crippen molar-refractivity contribution in [2.45, 2.75) is 43.9 Å². The van der Waals surface area contributed by atoms with Crippen molar-refractivity contribution in [2.75, 3.05) is 13.1 Å². The minimum atomic E-state index is -0.0278. The first-order chi connectivity index (χ1) is 7.74. The molecule has 5 nitrogen and oxygen atoms in total. The Morgan fingerprint density at radius 1 is 1.31 bits per heavy atom. The van der Waals surface area contributed by atoms with E-state index in [1.807, 2.05) is 4.90 Å². The molecular formula is C11H16N2O3. The van der Waals surface area contributed by atoms with Crippen LogP contribution in [-0.2, 0) is 14.3 Å². The van der Waals surface area contributed by atoms with E-state index in [-0.39, 0.29) is 30.5 Å². The average Bonchev–Trinajstić information content (AvgIpc) is 2.84. The zero-order valence-corrected chi connectivity index (χ0v) is 9.15. The molecule has 0 spiro atoms. The number of carbonyl (C=O) groups is 2. The molecule has 3 fully saturated rings. The van der Waals surface area contributed by atoms with E-state index in [4.69, 9.17) is 4.74 Å². The quantitative estimate of drug-likeness (QED) is 0.662. The first-order valence-electron chi connectivity index (χ1n) is 5.95. The fourth-order valence-electron chi connectivity index (χ4n) is 3.00. The van der Waals surface area contributed by atoms with E-state index in [1.54, 1.807) is 0 Å². The van der Waals surface area contributed by atoms with Gasteiger partial charge in [0.05, 0.1) is 24.8 Å². The van der Waals surface area contributed by atoms with Gasteiger partial charge < -0.3 is 15.0 Å². The highest BCUT2D eigenvalue weighted by Gasteiger charge is 2.45. The number of carbonyl (C=O) groups excluding carboxylic acids is 2. The van der Waals surface area contributed by atoms with Crippen LogP contribution in [0.5, 0.6) is 0 Å². The van der Waals surface area contributed by atoms with Gasteiger partial charge in [0.15, 0.2) is 0 Å². The van der Waals surface area contributed by atoms with Gasteiger partial charge >= 0.3 is 0 Å². The normalized spacial score (nSPS) is 38.8. The van der Waals surface area contributed by atoms with Crippen molar-refractivity contribution in [3.8, 4) is 0 Å². The minimum absolute atomic E-state index is 0.0278. The third-order valence-electron chi connectivity index (χ3n) is 3.81. The van der Waals surface area contributed by atoms with Crippen LogP contribution in [0, 0.1) is 0 Å². The summed E-state index contributed by atoms with van der Waals surface area (Å²) in [7, 11) is 0. The number of rotatable bonds is 1. The molecule has 16 heavy (non-hydrogen) atoms. The molecule has 0 radical (unpaired) electrons. The van der Waals surface area contributed by atoms with Gasteiger partial charge in [0, 0.05) is 13.0 Å². The Kier molecular flexibility index (Phi) is 2.35. The number of fused-ring (bicyclic) bond motifs is 2. The molecule has 3 atom stereocenters. The molecule has 5 heteroatoms. The van der Waals surface area contributed by atoms with E-state index in [1.165, 1.54) is 0 Å². The predicted molar refractivity (Wildman–Crippen MR) is 55.6 cm³/mol. The van der Waals surface area contributed by atoms with E-state index < -0.39 is 0 Å². The van der Waals surface area contributed by atoms with Gasteiger partial charge in [-0.1, -0.05) is 0 Å². The minimum Gasteiger partial charge on any atom is -0.373 e. The fraction of sp³-hybridized carbons (Fsp3) is 0.818. The molecule has 2 amide bonds. The van der Waals surface area contributed by atoms with Crippen LogP contribution in [-0.4, -0.2) is 48.1 Å². The summed E-state index contributed by atoms with van der Waals surface area (Å²) < 4.78 is 5.75. The summed E-state index contributed by atoms with van der Waals surface area (Å²) in [5, 5.41) is 2.62. The molecule has 3 rings (SSSR count). The first-order valence-corrected chi connectivity index (χ1v) is 5.95. The molecule has 0 saturated carbocycles. The molecule has 3 saturated heterocycles. The number of amides is 2. The molecule has 3 aliphatic heterocycles. The molecule has 0 aromatic rings. The van der Waals surface area contributed by atoms with Crippen molar-refractivity contribution >= 4 is 11.8 Å². The second kappa shape index (κ2) is 3.73. The number of hydrogen-bond acceptors (Lipinski definition) is 3. The highest BCUT2D eigenvalue weighted by Crippen LogP contribution is 2.37. The Hall–Kier alpha value is -1.10. The van der Waals surface area contributed by atoms with E-state index in [0.717, 1.165) is 19.3 Å². The SMILES string of the molecule is O=C1CCN(C2CC3CCC2O3)C(=O)CN1. The molecule has 0 aromatic heterocycles. The van der Waals surface area contributed by atoms with E-state index in [2.05, 4.69) is 5.32 Å². The number of hydrogen-bond donors (Lipinski definition) is 1. The molecule has 0 aliphatic carbocycles. The molecule has 88 valence electrons. The molecule has 3 heterocycles. The van der Waals surface area contributed by atoms with E-state index in [0.29, 0.717) is 19.1 Å². The third-order valence-corrected chi connectivity index (χ3v) is 3.81. The lowest BCUT2D eigenvalue weighted by atomic mass is 9.94. The summed E-state index contributed by atoms with van der Waals surface area (Å²) in [6.45, 7) is 0.689. The van der Waals surface area contributed by atoms with Crippen molar-refractivity contribution in [1.82, 2.24) is 10.2 Å². The maximum Gasteiger partial charge on any atom is 0.242 e. The van der Waals surface area contributed by atoms with Gasteiger partial charge in [0.25, 0.3) is 0 Å². The van der Waals surface area contributed by atoms with Crippen LogP contribution >= 0.6 is 0 Å². The van der Waals surface area contributed by atoms with E-state index >= 15 is 0 Å². The van der Waals surface area contributed by atoms with E-state index in [9.17, 15) is 9.59 Å². The van der Waals surface area contributed by atoms with Crippen molar-refractivity contribution in [1.29, 1.82) is 0 Å². The summed E-state index contributed by atoms with van der Waals surface area (Å²) >= 11 is 0. The lowest BCUT2D eigenvalue weighted by Crippen LogP contribution is -2.47. The average molecular weight is 224 g/mol. The van der Waals surface area contributed by atoms with Gasteiger partial charge in [0.2, 0.25) is 11.8 Å². The smallest absolute Gasteiger partial charge is 0.242 e. The Morgan fingerprint density at radius 2 is 2.19 bits per heavy atom. The second-order valence-electron chi connectivity index (χ2n) is 4.79. The standard InChI is InChI=1S/C11H16N2O3/c14-10-3-4-13(11(15)6-12-10)8-5-7-1-2-9(8)16-7/h7-9H,1-6H2,(H,12,14). The lowest BCUT2D eigenvalue weighted by molar-refractivity contribution is -0.133. The van der Waals surface area contributed by atoms with Crippen molar-refractivity contribution in [2.24, 2.45) is 0 Å². The summed E-state index contributed by atoms with van der Waals surface area (Å²) in [6, 6.07) is 0.207. The molecular weight excluding hydrogens is 208 g/mol. The van der Waals surface area contributed by atoms with Crippen LogP contribution in [0.1, 0.15) is 25.7 Å².